The molecule has 2 aromatic heterocycles. The summed E-state index contributed by atoms with van der Waals surface area (Å²) < 4.78 is 3.67. The lowest BCUT2D eigenvalue weighted by molar-refractivity contribution is -0.115. The maximum Gasteiger partial charge on any atom is 0.238 e. The molecule has 2 aromatic rings. The van der Waals surface area contributed by atoms with Crippen LogP contribution in [0.4, 0.5) is 5.82 Å². The molecule has 7 heteroatoms. The molecule has 1 amide bonds. The molecule has 0 fully saturated rings. The van der Waals surface area contributed by atoms with Crippen LogP contribution in [-0.4, -0.2) is 36.5 Å². The van der Waals surface area contributed by atoms with Gasteiger partial charge in [0.2, 0.25) is 5.91 Å². The Morgan fingerprint density at radius 2 is 2.14 bits per heavy atom. The first-order valence-electron chi connectivity index (χ1n) is 7.01. The fraction of sp³-hybridized carbons (Fsp3) is 0.500. The zero-order valence-electron chi connectivity index (χ0n) is 12.6. The third kappa shape index (κ3) is 4.35. The zero-order chi connectivity index (χ0) is 15.2. The van der Waals surface area contributed by atoms with Gasteiger partial charge >= 0.3 is 0 Å². The van der Waals surface area contributed by atoms with E-state index in [2.05, 4.69) is 15.5 Å². The second-order valence-corrected chi connectivity index (χ2v) is 6.47. The molecule has 2 rings (SSSR count). The summed E-state index contributed by atoms with van der Waals surface area (Å²) in [7, 11) is 0. The summed E-state index contributed by atoms with van der Waals surface area (Å²) in [5, 5.41) is 11.2. The molecule has 0 saturated carbocycles. The van der Waals surface area contributed by atoms with Crippen LogP contribution in [0.1, 0.15) is 26.8 Å². The van der Waals surface area contributed by atoms with Crippen LogP contribution in [0.2, 0.25) is 0 Å². The van der Waals surface area contributed by atoms with Crippen molar-refractivity contribution in [3.8, 4) is 0 Å². The molecule has 0 spiro atoms. The Morgan fingerprint density at radius 3 is 2.81 bits per heavy atom. The average Bonchev–Trinajstić information content (AvgIpc) is 3.09. The van der Waals surface area contributed by atoms with E-state index in [-0.39, 0.29) is 17.2 Å². The Labute approximate surface area is 128 Å². The lowest BCUT2D eigenvalue weighted by Gasteiger charge is -2.15. The largest absolute Gasteiger partial charge is 0.310 e. The molecular weight excluding hydrogens is 286 g/mol. The van der Waals surface area contributed by atoms with Crippen LogP contribution in [0, 0.1) is 0 Å². The molecule has 1 atom stereocenters. The minimum Gasteiger partial charge on any atom is -0.310 e. The number of carbonyl (C=O) groups is 1. The van der Waals surface area contributed by atoms with Gasteiger partial charge in [-0.1, -0.05) is 0 Å². The van der Waals surface area contributed by atoms with Crippen molar-refractivity contribution in [2.45, 2.75) is 38.6 Å². The molecule has 0 bridgehead atoms. The smallest absolute Gasteiger partial charge is 0.238 e. The lowest BCUT2D eigenvalue weighted by Crippen LogP contribution is -2.25. The fourth-order valence-electron chi connectivity index (χ4n) is 1.88. The third-order valence-corrected chi connectivity index (χ3v) is 4.16. The van der Waals surface area contributed by atoms with Crippen LogP contribution < -0.4 is 5.32 Å². The number of hydrogen-bond acceptors (Lipinski definition) is 4. The Balaban J connectivity index is 1.80. The van der Waals surface area contributed by atoms with E-state index in [0.29, 0.717) is 0 Å². The van der Waals surface area contributed by atoms with E-state index in [1.165, 1.54) is 0 Å². The van der Waals surface area contributed by atoms with Gasteiger partial charge in [-0.3, -0.25) is 9.48 Å². The third-order valence-electron chi connectivity index (χ3n) is 3.03. The summed E-state index contributed by atoms with van der Waals surface area (Å²) in [6.07, 6.45) is 5.38. The summed E-state index contributed by atoms with van der Waals surface area (Å²) in [5.41, 5.74) is 0. The number of thioether (sulfide) groups is 1. The highest BCUT2D eigenvalue weighted by Gasteiger charge is 2.16. The van der Waals surface area contributed by atoms with Crippen molar-refractivity contribution >= 4 is 23.5 Å². The van der Waals surface area contributed by atoms with E-state index in [1.54, 1.807) is 28.8 Å². The molecule has 0 aliphatic carbocycles. The van der Waals surface area contributed by atoms with Crippen LogP contribution in [0.3, 0.4) is 0 Å². The summed E-state index contributed by atoms with van der Waals surface area (Å²) >= 11 is 1.62. The molecule has 0 aromatic carbocycles. The van der Waals surface area contributed by atoms with Gasteiger partial charge in [0.15, 0.2) is 0 Å². The quantitative estimate of drug-likeness (QED) is 0.853. The number of rotatable bonds is 7. The Kier molecular flexibility index (Phi) is 5.44. The van der Waals surface area contributed by atoms with Gasteiger partial charge in [0.25, 0.3) is 0 Å². The monoisotopic (exact) mass is 307 g/mol. The molecule has 6 nitrogen and oxygen atoms in total. The van der Waals surface area contributed by atoms with Crippen molar-refractivity contribution in [1.82, 2.24) is 19.6 Å². The Morgan fingerprint density at radius 1 is 1.33 bits per heavy atom. The van der Waals surface area contributed by atoms with E-state index in [9.17, 15) is 4.79 Å². The Hall–Kier alpha value is -1.76. The highest BCUT2D eigenvalue weighted by molar-refractivity contribution is 8.00. The number of carbonyl (C=O) groups excluding carboxylic acids is 1. The van der Waals surface area contributed by atoms with Gasteiger partial charge in [-0.2, -0.15) is 10.2 Å². The molecule has 0 aliphatic rings. The van der Waals surface area contributed by atoms with Crippen molar-refractivity contribution in [2.75, 3.05) is 11.1 Å². The van der Waals surface area contributed by atoms with Gasteiger partial charge in [-0.15, -0.1) is 11.8 Å². The van der Waals surface area contributed by atoms with Gasteiger partial charge in [0.1, 0.15) is 5.82 Å². The number of aromatic nitrogens is 4. The number of hydrogen-bond donors (Lipinski definition) is 1. The van der Waals surface area contributed by atoms with Crippen molar-refractivity contribution in [2.24, 2.45) is 0 Å². The molecular formula is C14H21N5OS. The second-order valence-electron chi connectivity index (χ2n) is 5.03. The van der Waals surface area contributed by atoms with Gasteiger partial charge in [0.05, 0.1) is 11.4 Å². The first-order chi connectivity index (χ1) is 10.1. The van der Waals surface area contributed by atoms with Crippen LogP contribution in [0.15, 0.2) is 30.7 Å². The molecule has 114 valence electrons. The summed E-state index contributed by atoms with van der Waals surface area (Å²) in [6, 6.07) is 3.94. The van der Waals surface area contributed by atoms with Crippen molar-refractivity contribution in [1.29, 1.82) is 0 Å². The van der Waals surface area contributed by atoms with Gasteiger partial charge in [0, 0.05) is 36.8 Å². The molecule has 21 heavy (non-hydrogen) atoms. The van der Waals surface area contributed by atoms with E-state index >= 15 is 0 Å². The van der Waals surface area contributed by atoms with E-state index in [4.69, 9.17) is 0 Å². The number of nitrogens with one attached hydrogen (secondary N) is 1. The van der Waals surface area contributed by atoms with Crippen LogP contribution >= 0.6 is 11.8 Å². The van der Waals surface area contributed by atoms with Crippen LogP contribution in [0.5, 0.6) is 0 Å². The Bertz CT molecular complexity index is 564. The SMILES string of the molecule is CC(C)n1nccc1NC(=O)[C@H](C)SCCn1cccn1. The summed E-state index contributed by atoms with van der Waals surface area (Å²) in [6.45, 7) is 6.79. The van der Waals surface area contributed by atoms with E-state index in [0.717, 1.165) is 18.1 Å². The molecule has 0 radical (unpaired) electrons. The average molecular weight is 307 g/mol. The van der Waals surface area contributed by atoms with E-state index in [1.807, 2.05) is 43.8 Å². The van der Waals surface area contributed by atoms with Crippen LogP contribution in [-0.2, 0) is 11.3 Å². The topological polar surface area (TPSA) is 64.7 Å². The fourth-order valence-corrected chi connectivity index (χ4v) is 2.74. The van der Waals surface area contributed by atoms with Gasteiger partial charge < -0.3 is 5.32 Å². The van der Waals surface area contributed by atoms with Crippen LogP contribution in [0.25, 0.3) is 0 Å². The first-order valence-corrected chi connectivity index (χ1v) is 8.06. The standard InChI is InChI=1S/C14H21N5OS/c1-11(2)19-13(5-7-16-19)17-14(20)12(3)21-10-9-18-8-4-6-15-18/h4-8,11-12H,9-10H2,1-3H3,(H,17,20)/t12-/m0/s1. The predicted octanol–water partition coefficient (Wildman–Crippen LogP) is 2.42. The molecule has 0 unspecified atom stereocenters. The van der Waals surface area contributed by atoms with Crippen molar-refractivity contribution < 1.29 is 4.79 Å². The minimum absolute atomic E-state index is 0.00265. The maximum absolute atomic E-state index is 12.2. The number of anilines is 1. The lowest BCUT2D eigenvalue weighted by atomic mass is 10.4. The first kappa shape index (κ1) is 15.6. The van der Waals surface area contributed by atoms with E-state index < -0.39 is 0 Å². The second kappa shape index (κ2) is 7.31. The highest BCUT2D eigenvalue weighted by Crippen LogP contribution is 2.16. The molecule has 2 heterocycles. The number of amides is 1. The molecule has 0 aliphatic heterocycles. The van der Waals surface area contributed by atoms with Gasteiger partial charge in [-0.25, -0.2) is 4.68 Å². The summed E-state index contributed by atoms with van der Waals surface area (Å²) in [4.78, 5) is 12.2. The normalized spacial score (nSPS) is 12.6. The highest BCUT2D eigenvalue weighted by atomic mass is 32.2. The minimum atomic E-state index is -0.115. The molecule has 0 saturated heterocycles. The summed E-state index contributed by atoms with van der Waals surface area (Å²) in [5.74, 6) is 1.59. The predicted molar refractivity (Wildman–Crippen MR) is 85.4 cm³/mol. The van der Waals surface area contributed by atoms with Crippen molar-refractivity contribution in [3.63, 3.8) is 0 Å². The van der Waals surface area contributed by atoms with Gasteiger partial charge in [-0.05, 0) is 26.8 Å². The maximum atomic E-state index is 12.2. The number of nitrogens with zero attached hydrogens (tertiary/aromatic N) is 4. The van der Waals surface area contributed by atoms with Crippen molar-refractivity contribution in [3.05, 3.63) is 30.7 Å². The zero-order valence-corrected chi connectivity index (χ0v) is 13.4. The molecule has 1 N–H and O–H groups in total. The number of aryl methyl sites for hydroxylation is 1.